The minimum absolute atomic E-state index is 0.0528. The minimum atomic E-state index is -0.285. The van der Waals surface area contributed by atoms with Crippen molar-refractivity contribution in [1.29, 1.82) is 0 Å². The molecule has 0 atom stereocenters. The van der Waals surface area contributed by atoms with Crippen LogP contribution in [0.15, 0.2) is 29.3 Å². The van der Waals surface area contributed by atoms with Gasteiger partial charge < -0.3 is 15.3 Å². The van der Waals surface area contributed by atoms with Gasteiger partial charge in [-0.2, -0.15) is 0 Å². The lowest BCUT2D eigenvalue weighted by Crippen LogP contribution is -2.29. The first kappa shape index (κ1) is 16.9. The van der Waals surface area contributed by atoms with E-state index in [0.29, 0.717) is 24.2 Å². The SMILES string of the molecule is Cc1[nH]c2ccc(F)cc2c1CCNC(=O)Cc1nc[nH]c(=O)c1C. The maximum atomic E-state index is 13.5. The van der Waals surface area contributed by atoms with Gasteiger partial charge in [0, 0.05) is 28.7 Å². The van der Waals surface area contributed by atoms with Gasteiger partial charge in [0.15, 0.2) is 0 Å². The number of halogens is 1. The smallest absolute Gasteiger partial charge is 0.253 e. The van der Waals surface area contributed by atoms with E-state index in [4.69, 9.17) is 0 Å². The Kier molecular flexibility index (Phi) is 4.65. The number of amides is 1. The average molecular weight is 342 g/mol. The maximum Gasteiger partial charge on any atom is 0.253 e. The number of carbonyl (C=O) groups is 1. The van der Waals surface area contributed by atoms with E-state index in [9.17, 15) is 14.0 Å². The maximum absolute atomic E-state index is 13.5. The second-order valence-corrected chi connectivity index (χ2v) is 6.00. The van der Waals surface area contributed by atoms with Crippen LogP contribution in [-0.2, 0) is 17.6 Å². The zero-order valence-corrected chi connectivity index (χ0v) is 14.1. The van der Waals surface area contributed by atoms with Crippen molar-refractivity contribution in [3.63, 3.8) is 0 Å². The van der Waals surface area contributed by atoms with E-state index in [-0.39, 0.29) is 23.7 Å². The molecule has 25 heavy (non-hydrogen) atoms. The highest BCUT2D eigenvalue weighted by molar-refractivity contribution is 5.85. The van der Waals surface area contributed by atoms with E-state index in [1.807, 2.05) is 6.92 Å². The lowest BCUT2D eigenvalue weighted by Gasteiger charge is -2.07. The molecule has 0 aliphatic rings. The number of rotatable bonds is 5. The Hall–Kier alpha value is -2.96. The molecule has 0 radical (unpaired) electrons. The van der Waals surface area contributed by atoms with Crippen molar-refractivity contribution < 1.29 is 9.18 Å². The normalized spacial score (nSPS) is 11.0. The summed E-state index contributed by atoms with van der Waals surface area (Å²) in [6, 6.07) is 4.63. The Morgan fingerprint density at radius 1 is 1.32 bits per heavy atom. The molecule has 3 rings (SSSR count). The van der Waals surface area contributed by atoms with Crippen molar-refractivity contribution >= 4 is 16.8 Å². The molecule has 0 saturated heterocycles. The molecule has 0 unspecified atom stereocenters. The summed E-state index contributed by atoms with van der Waals surface area (Å²) in [5.74, 6) is -0.488. The van der Waals surface area contributed by atoms with Gasteiger partial charge in [0.2, 0.25) is 5.91 Å². The summed E-state index contributed by atoms with van der Waals surface area (Å²) >= 11 is 0. The van der Waals surface area contributed by atoms with E-state index in [1.165, 1.54) is 18.5 Å². The number of aromatic amines is 2. The summed E-state index contributed by atoms with van der Waals surface area (Å²) in [6.07, 6.45) is 1.93. The van der Waals surface area contributed by atoms with Crippen molar-refractivity contribution in [2.45, 2.75) is 26.7 Å². The van der Waals surface area contributed by atoms with Crippen molar-refractivity contribution in [1.82, 2.24) is 20.3 Å². The summed E-state index contributed by atoms with van der Waals surface area (Å²) in [4.78, 5) is 33.3. The molecule has 3 N–H and O–H groups in total. The summed E-state index contributed by atoms with van der Waals surface area (Å²) in [7, 11) is 0. The number of fused-ring (bicyclic) bond motifs is 1. The zero-order valence-electron chi connectivity index (χ0n) is 14.1. The summed E-state index contributed by atoms with van der Waals surface area (Å²) in [6.45, 7) is 3.99. The van der Waals surface area contributed by atoms with E-state index in [1.54, 1.807) is 13.0 Å². The molecular weight excluding hydrogens is 323 g/mol. The van der Waals surface area contributed by atoms with Crippen LogP contribution in [0.1, 0.15) is 22.5 Å². The van der Waals surface area contributed by atoms with Crippen molar-refractivity contribution in [2.24, 2.45) is 0 Å². The fraction of sp³-hybridized carbons (Fsp3) is 0.278. The number of benzene rings is 1. The van der Waals surface area contributed by atoms with Crippen molar-refractivity contribution in [3.8, 4) is 0 Å². The van der Waals surface area contributed by atoms with Gasteiger partial charge in [-0.15, -0.1) is 0 Å². The second kappa shape index (κ2) is 6.88. The van der Waals surface area contributed by atoms with Gasteiger partial charge in [-0.25, -0.2) is 9.37 Å². The molecule has 0 fully saturated rings. The number of nitrogens with one attached hydrogen (secondary N) is 3. The first-order valence-electron chi connectivity index (χ1n) is 8.02. The molecule has 0 aliphatic carbocycles. The second-order valence-electron chi connectivity index (χ2n) is 6.00. The molecule has 2 aromatic heterocycles. The number of carbonyl (C=O) groups excluding carboxylic acids is 1. The van der Waals surface area contributed by atoms with Gasteiger partial charge in [-0.3, -0.25) is 9.59 Å². The van der Waals surface area contributed by atoms with Crippen LogP contribution in [0.2, 0.25) is 0 Å². The quantitative estimate of drug-likeness (QED) is 0.661. The zero-order chi connectivity index (χ0) is 18.0. The Bertz CT molecular complexity index is 990. The highest BCUT2D eigenvalue weighted by Crippen LogP contribution is 2.23. The Morgan fingerprint density at radius 3 is 2.92 bits per heavy atom. The third-order valence-corrected chi connectivity index (χ3v) is 4.30. The molecule has 130 valence electrons. The number of aromatic nitrogens is 3. The first-order valence-corrected chi connectivity index (χ1v) is 8.02. The lowest BCUT2D eigenvalue weighted by atomic mass is 10.1. The van der Waals surface area contributed by atoms with Gasteiger partial charge in [-0.1, -0.05) is 0 Å². The topological polar surface area (TPSA) is 90.6 Å². The van der Waals surface area contributed by atoms with Crippen LogP contribution in [-0.4, -0.2) is 27.4 Å². The Morgan fingerprint density at radius 2 is 2.12 bits per heavy atom. The molecule has 1 aromatic carbocycles. The first-order chi connectivity index (χ1) is 12.0. The molecule has 0 aliphatic heterocycles. The lowest BCUT2D eigenvalue weighted by molar-refractivity contribution is -0.120. The molecule has 7 heteroatoms. The number of hydrogen-bond acceptors (Lipinski definition) is 3. The Labute approximate surface area is 143 Å². The monoisotopic (exact) mass is 342 g/mol. The molecule has 1 amide bonds. The van der Waals surface area contributed by atoms with E-state index < -0.39 is 0 Å². The van der Waals surface area contributed by atoms with E-state index >= 15 is 0 Å². The standard InChI is InChI=1S/C18H19FN4O2/c1-10-16(21-9-22-18(10)25)8-17(24)20-6-5-13-11(2)23-15-4-3-12(19)7-14(13)15/h3-4,7,9,23H,5-6,8H2,1-2H3,(H,20,24)(H,21,22,25). The van der Waals surface area contributed by atoms with Crippen LogP contribution in [0.25, 0.3) is 10.9 Å². The van der Waals surface area contributed by atoms with Crippen LogP contribution in [0.4, 0.5) is 4.39 Å². The molecule has 0 bridgehead atoms. The third kappa shape index (κ3) is 3.60. The van der Waals surface area contributed by atoms with Gasteiger partial charge in [0.05, 0.1) is 18.4 Å². The van der Waals surface area contributed by atoms with Gasteiger partial charge in [0.25, 0.3) is 5.56 Å². The third-order valence-electron chi connectivity index (χ3n) is 4.30. The van der Waals surface area contributed by atoms with E-state index in [2.05, 4.69) is 20.3 Å². The highest BCUT2D eigenvalue weighted by atomic mass is 19.1. The summed E-state index contributed by atoms with van der Waals surface area (Å²) in [5.41, 5.74) is 3.49. The van der Waals surface area contributed by atoms with Crippen molar-refractivity contribution in [3.05, 3.63) is 63.2 Å². The largest absolute Gasteiger partial charge is 0.358 e. The van der Waals surface area contributed by atoms with Crippen LogP contribution >= 0.6 is 0 Å². The van der Waals surface area contributed by atoms with E-state index in [0.717, 1.165) is 22.2 Å². The van der Waals surface area contributed by atoms with Crippen LogP contribution in [0.5, 0.6) is 0 Å². The fourth-order valence-electron chi connectivity index (χ4n) is 2.90. The van der Waals surface area contributed by atoms with Crippen LogP contribution in [0.3, 0.4) is 0 Å². The highest BCUT2D eigenvalue weighted by Gasteiger charge is 2.12. The summed E-state index contributed by atoms with van der Waals surface area (Å²) < 4.78 is 13.5. The predicted octanol–water partition coefficient (Wildman–Crippen LogP) is 1.91. The van der Waals surface area contributed by atoms with Crippen molar-refractivity contribution in [2.75, 3.05) is 6.54 Å². The fourth-order valence-corrected chi connectivity index (χ4v) is 2.90. The number of hydrogen-bond donors (Lipinski definition) is 3. The number of H-pyrrole nitrogens is 2. The van der Waals surface area contributed by atoms with Crippen LogP contribution in [0, 0.1) is 19.7 Å². The van der Waals surface area contributed by atoms with Gasteiger partial charge >= 0.3 is 0 Å². The molecule has 2 heterocycles. The molecular formula is C18H19FN4O2. The number of aryl methyl sites for hydroxylation is 1. The van der Waals surface area contributed by atoms with Crippen LogP contribution < -0.4 is 10.9 Å². The molecule has 0 spiro atoms. The summed E-state index contributed by atoms with van der Waals surface area (Å²) in [5, 5.41) is 3.66. The minimum Gasteiger partial charge on any atom is -0.358 e. The van der Waals surface area contributed by atoms with Gasteiger partial charge in [-0.05, 0) is 44.0 Å². The Balaban J connectivity index is 1.64. The number of nitrogens with zero attached hydrogens (tertiary/aromatic N) is 1. The van der Waals surface area contributed by atoms with Gasteiger partial charge in [0.1, 0.15) is 5.82 Å². The molecule has 0 saturated carbocycles. The average Bonchev–Trinajstić information content (AvgIpc) is 2.87. The molecule has 6 nitrogen and oxygen atoms in total. The predicted molar refractivity (Wildman–Crippen MR) is 93.0 cm³/mol. The molecule has 3 aromatic rings.